The van der Waals surface area contributed by atoms with Crippen LogP contribution in [0.2, 0.25) is 5.02 Å². The van der Waals surface area contributed by atoms with E-state index in [4.69, 9.17) is 16.0 Å². The summed E-state index contributed by atoms with van der Waals surface area (Å²) >= 11 is 6.34. The van der Waals surface area contributed by atoms with Crippen molar-refractivity contribution in [1.29, 1.82) is 0 Å². The van der Waals surface area contributed by atoms with Crippen LogP contribution in [0, 0.1) is 0 Å². The number of hydrogen-bond acceptors (Lipinski definition) is 4. The second-order valence-electron chi connectivity index (χ2n) is 7.19. The maximum atomic E-state index is 13.4. The van der Waals surface area contributed by atoms with Crippen LogP contribution in [0.5, 0.6) is 5.75 Å². The molecule has 148 valence electrons. The summed E-state index contributed by atoms with van der Waals surface area (Å²) in [6.07, 6.45) is 0. The van der Waals surface area contributed by atoms with Crippen molar-refractivity contribution >= 4 is 28.5 Å². The summed E-state index contributed by atoms with van der Waals surface area (Å²) in [6, 6.07) is 20.0. The van der Waals surface area contributed by atoms with Gasteiger partial charge in [-0.25, -0.2) is 0 Å². The van der Waals surface area contributed by atoms with Crippen LogP contribution in [0.25, 0.3) is 11.0 Å². The Hall–Kier alpha value is -3.57. The lowest BCUT2D eigenvalue weighted by Crippen LogP contribution is -2.29. The summed E-state index contributed by atoms with van der Waals surface area (Å²) < 4.78 is 5.90. The van der Waals surface area contributed by atoms with Gasteiger partial charge < -0.3 is 14.4 Å². The number of para-hydroxylation sites is 1. The van der Waals surface area contributed by atoms with Gasteiger partial charge in [0.05, 0.1) is 17.0 Å². The molecule has 30 heavy (non-hydrogen) atoms. The molecule has 0 fully saturated rings. The highest BCUT2D eigenvalue weighted by Gasteiger charge is 2.42. The molecule has 1 aromatic heterocycles. The van der Waals surface area contributed by atoms with Crippen LogP contribution in [0.15, 0.2) is 82.0 Å². The van der Waals surface area contributed by atoms with Gasteiger partial charge in [0, 0.05) is 11.6 Å². The molecule has 1 aliphatic heterocycles. The van der Waals surface area contributed by atoms with Gasteiger partial charge in [-0.3, -0.25) is 9.59 Å². The summed E-state index contributed by atoms with van der Waals surface area (Å²) in [5.41, 5.74) is 1.91. The second-order valence-corrected chi connectivity index (χ2v) is 7.60. The van der Waals surface area contributed by atoms with E-state index in [0.29, 0.717) is 27.1 Å². The average molecular weight is 418 g/mol. The first-order chi connectivity index (χ1) is 14.5. The SMILES string of the molecule is O=C1c2oc3ccccc3c(=O)c2[C@@H](c2ccc(O)cc2)N1Cc1ccccc1Cl. The molecule has 0 aliphatic carbocycles. The Kier molecular flexibility index (Phi) is 4.33. The average Bonchev–Trinajstić information content (AvgIpc) is 3.03. The first kappa shape index (κ1) is 18.5. The normalized spacial score (nSPS) is 15.6. The molecular formula is C24H16ClNO4. The summed E-state index contributed by atoms with van der Waals surface area (Å²) in [4.78, 5) is 28.3. The van der Waals surface area contributed by atoms with Crippen molar-refractivity contribution in [1.82, 2.24) is 4.90 Å². The molecular weight excluding hydrogens is 402 g/mol. The number of amides is 1. The predicted molar refractivity (Wildman–Crippen MR) is 114 cm³/mol. The third kappa shape index (κ3) is 2.86. The quantitative estimate of drug-likeness (QED) is 0.514. The van der Waals surface area contributed by atoms with E-state index in [1.807, 2.05) is 18.2 Å². The molecule has 4 aromatic rings. The number of fused-ring (bicyclic) bond motifs is 2. The van der Waals surface area contributed by atoms with Gasteiger partial charge >= 0.3 is 0 Å². The lowest BCUT2D eigenvalue weighted by Gasteiger charge is -2.25. The van der Waals surface area contributed by atoms with E-state index in [1.165, 1.54) is 12.1 Å². The molecule has 0 unspecified atom stereocenters. The molecule has 1 N–H and O–H groups in total. The molecule has 5 rings (SSSR count). The van der Waals surface area contributed by atoms with Crippen molar-refractivity contribution in [3.8, 4) is 5.75 Å². The monoisotopic (exact) mass is 417 g/mol. The number of aromatic hydroxyl groups is 1. The fraction of sp³-hybridized carbons (Fsp3) is 0.0833. The smallest absolute Gasteiger partial charge is 0.291 e. The van der Waals surface area contributed by atoms with E-state index in [-0.39, 0.29) is 29.4 Å². The van der Waals surface area contributed by atoms with Gasteiger partial charge in [-0.2, -0.15) is 0 Å². The molecule has 1 aliphatic rings. The van der Waals surface area contributed by atoms with Gasteiger partial charge in [0.1, 0.15) is 11.3 Å². The van der Waals surface area contributed by atoms with Crippen LogP contribution in [0.3, 0.4) is 0 Å². The van der Waals surface area contributed by atoms with Crippen LogP contribution >= 0.6 is 11.6 Å². The van der Waals surface area contributed by atoms with E-state index in [2.05, 4.69) is 0 Å². The zero-order valence-corrected chi connectivity index (χ0v) is 16.5. The van der Waals surface area contributed by atoms with Crippen LogP contribution in [0.1, 0.15) is 33.3 Å². The molecule has 5 nitrogen and oxygen atoms in total. The molecule has 0 saturated carbocycles. The number of carbonyl (C=O) groups is 1. The fourth-order valence-corrected chi connectivity index (χ4v) is 4.14. The van der Waals surface area contributed by atoms with Crippen LogP contribution in [0.4, 0.5) is 0 Å². The molecule has 0 bridgehead atoms. The first-order valence-corrected chi connectivity index (χ1v) is 9.81. The van der Waals surface area contributed by atoms with Gasteiger partial charge in [-0.1, -0.05) is 54.1 Å². The van der Waals surface area contributed by atoms with Crippen molar-refractivity contribution < 1.29 is 14.3 Å². The maximum absolute atomic E-state index is 13.4. The van der Waals surface area contributed by atoms with E-state index >= 15 is 0 Å². The Labute approximate surface area is 176 Å². The van der Waals surface area contributed by atoms with E-state index in [1.54, 1.807) is 47.4 Å². The summed E-state index contributed by atoms with van der Waals surface area (Å²) in [7, 11) is 0. The van der Waals surface area contributed by atoms with E-state index in [9.17, 15) is 14.7 Å². The molecule has 0 spiro atoms. The second kappa shape index (κ2) is 7.04. The highest BCUT2D eigenvalue weighted by atomic mass is 35.5. The Bertz CT molecular complexity index is 1340. The van der Waals surface area contributed by atoms with Gasteiger partial charge in [0.25, 0.3) is 5.91 Å². The van der Waals surface area contributed by atoms with Crippen molar-refractivity contribution in [3.63, 3.8) is 0 Å². The van der Waals surface area contributed by atoms with Crippen LogP contribution in [-0.4, -0.2) is 15.9 Å². The maximum Gasteiger partial charge on any atom is 0.291 e. The molecule has 6 heteroatoms. The standard InChI is InChI=1S/C24H16ClNO4/c25-18-7-3-1-5-15(18)13-26-21(14-9-11-16(27)12-10-14)20-22(28)17-6-2-4-8-19(17)30-23(20)24(26)29/h1-12,21,27H,13H2/t21-/m1/s1. The Morgan fingerprint density at radius 3 is 2.40 bits per heavy atom. The Balaban J connectivity index is 1.73. The van der Waals surface area contributed by atoms with Crippen molar-refractivity contribution in [2.45, 2.75) is 12.6 Å². The third-order valence-corrected chi connectivity index (χ3v) is 5.75. The number of hydrogen-bond donors (Lipinski definition) is 1. The minimum Gasteiger partial charge on any atom is -0.508 e. The Morgan fingerprint density at radius 2 is 1.63 bits per heavy atom. The largest absolute Gasteiger partial charge is 0.508 e. The minimum absolute atomic E-state index is 0.0452. The molecule has 1 amide bonds. The minimum atomic E-state index is -0.648. The first-order valence-electron chi connectivity index (χ1n) is 9.43. The topological polar surface area (TPSA) is 70.8 Å². The predicted octanol–water partition coefficient (Wildman–Crippen LogP) is 4.90. The molecule has 2 heterocycles. The Morgan fingerprint density at radius 1 is 0.933 bits per heavy atom. The van der Waals surface area contributed by atoms with Gasteiger partial charge in [-0.05, 0) is 41.5 Å². The van der Waals surface area contributed by atoms with Gasteiger partial charge in [0.2, 0.25) is 5.76 Å². The summed E-state index contributed by atoms with van der Waals surface area (Å²) in [5.74, 6) is -0.221. The number of carbonyl (C=O) groups excluding carboxylic acids is 1. The highest BCUT2D eigenvalue weighted by Crippen LogP contribution is 2.40. The number of rotatable bonds is 3. The lowest BCUT2D eigenvalue weighted by atomic mass is 9.98. The number of halogens is 1. The summed E-state index contributed by atoms with van der Waals surface area (Å²) in [5, 5.41) is 10.7. The third-order valence-electron chi connectivity index (χ3n) is 5.38. The molecule has 0 radical (unpaired) electrons. The number of phenolic OH excluding ortho intramolecular Hbond substituents is 1. The van der Waals surface area contributed by atoms with Crippen molar-refractivity contribution in [2.75, 3.05) is 0 Å². The zero-order chi connectivity index (χ0) is 20.8. The summed E-state index contributed by atoms with van der Waals surface area (Å²) in [6.45, 7) is 0.212. The van der Waals surface area contributed by atoms with Gasteiger partial charge in [-0.15, -0.1) is 0 Å². The lowest BCUT2D eigenvalue weighted by molar-refractivity contribution is 0.0714. The molecule has 1 atom stereocenters. The highest BCUT2D eigenvalue weighted by molar-refractivity contribution is 6.31. The van der Waals surface area contributed by atoms with Crippen molar-refractivity contribution in [3.05, 3.63) is 110 Å². The number of benzene rings is 3. The molecule has 3 aromatic carbocycles. The molecule has 0 saturated heterocycles. The number of nitrogens with zero attached hydrogens (tertiary/aromatic N) is 1. The fourth-order valence-electron chi connectivity index (χ4n) is 3.94. The van der Waals surface area contributed by atoms with E-state index < -0.39 is 6.04 Å². The van der Waals surface area contributed by atoms with E-state index in [0.717, 1.165) is 5.56 Å². The van der Waals surface area contributed by atoms with Crippen LogP contribution in [-0.2, 0) is 6.54 Å². The van der Waals surface area contributed by atoms with Crippen molar-refractivity contribution in [2.24, 2.45) is 0 Å². The number of phenols is 1. The van der Waals surface area contributed by atoms with Crippen LogP contribution < -0.4 is 5.43 Å². The van der Waals surface area contributed by atoms with Gasteiger partial charge in [0.15, 0.2) is 5.43 Å². The zero-order valence-electron chi connectivity index (χ0n) is 15.7.